The van der Waals surface area contributed by atoms with Gasteiger partial charge in [0.15, 0.2) is 0 Å². The Morgan fingerprint density at radius 2 is 1.76 bits per heavy atom. The lowest BCUT2D eigenvalue weighted by atomic mass is 10.1. The Morgan fingerprint density at radius 1 is 1.00 bits per heavy atom. The molecule has 3 rings (SSSR count). The number of hydrogen-bond donors (Lipinski definition) is 0. The van der Waals surface area contributed by atoms with E-state index in [4.69, 9.17) is 9.47 Å². The quantitative estimate of drug-likeness (QED) is 0.674. The van der Waals surface area contributed by atoms with E-state index in [-0.39, 0.29) is 5.97 Å². The van der Waals surface area contributed by atoms with E-state index in [1.165, 1.54) is 17.2 Å². The highest BCUT2D eigenvalue weighted by Crippen LogP contribution is 2.35. The van der Waals surface area contributed by atoms with Gasteiger partial charge in [-0.2, -0.15) is 0 Å². The molecule has 0 radical (unpaired) electrons. The number of hydrogen-bond acceptors (Lipinski definition) is 4. The van der Waals surface area contributed by atoms with E-state index < -0.39 is 0 Å². The molecule has 4 heteroatoms. The second-order valence-corrected chi connectivity index (χ2v) is 5.67. The average molecular weight is 298 g/mol. The molecule has 0 fully saturated rings. The predicted molar refractivity (Wildman–Crippen MR) is 85.2 cm³/mol. The smallest absolute Gasteiger partial charge is 0.337 e. The Labute approximate surface area is 126 Å². The number of ether oxygens (including phenoxy) is 2. The Balaban J connectivity index is 1.98. The zero-order valence-electron chi connectivity index (χ0n) is 11.8. The van der Waals surface area contributed by atoms with Crippen molar-refractivity contribution in [1.82, 2.24) is 0 Å². The first-order chi connectivity index (χ1) is 10.2. The van der Waals surface area contributed by atoms with E-state index in [2.05, 4.69) is 12.1 Å². The van der Waals surface area contributed by atoms with Crippen molar-refractivity contribution in [1.29, 1.82) is 0 Å². The average Bonchev–Trinajstić information content (AvgIpc) is 2.97. The first-order valence-electron chi connectivity index (χ1n) is 6.47. The summed E-state index contributed by atoms with van der Waals surface area (Å²) in [5.74, 6) is 0.541. The maximum absolute atomic E-state index is 11.4. The number of benzene rings is 2. The van der Waals surface area contributed by atoms with Gasteiger partial charge in [-0.3, -0.25) is 0 Å². The summed E-state index contributed by atoms with van der Waals surface area (Å²) in [5.41, 5.74) is 1.65. The zero-order chi connectivity index (χ0) is 14.8. The van der Waals surface area contributed by atoms with Crippen LogP contribution in [0.3, 0.4) is 0 Å². The van der Waals surface area contributed by atoms with Crippen LogP contribution < -0.4 is 4.74 Å². The minimum Gasteiger partial charge on any atom is -0.497 e. The maximum Gasteiger partial charge on any atom is 0.337 e. The number of esters is 1. The lowest BCUT2D eigenvalue weighted by Gasteiger charge is -2.00. The van der Waals surface area contributed by atoms with Gasteiger partial charge in [-0.25, -0.2) is 4.79 Å². The zero-order valence-corrected chi connectivity index (χ0v) is 12.6. The first kappa shape index (κ1) is 13.6. The van der Waals surface area contributed by atoms with E-state index >= 15 is 0 Å². The van der Waals surface area contributed by atoms with Crippen molar-refractivity contribution in [3.63, 3.8) is 0 Å². The summed E-state index contributed by atoms with van der Waals surface area (Å²) in [5, 5.41) is 1.19. The van der Waals surface area contributed by atoms with Crippen LogP contribution in [0, 0.1) is 0 Å². The third-order valence-electron chi connectivity index (χ3n) is 3.32. The highest BCUT2D eigenvalue weighted by molar-refractivity contribution is 7.22. The standard InChI is InChI=1S/C17H14O3S/c1-19-14-8-7-13-9-15(21-16(13)10-14)11-3-5-12(6-4-11)17(18)20-2/h3-10H,1-2H3. The van der Waals surface area contributed by atoms with Gasteiger partial charge in [0.2, 0.25) is 0 Å². The van der Waals surface area contributed by atoms with E-state index in [9.17, 15) is 4.79 Å². The van der Waals surface area contributed by atoms with Crippen molar-refractivity contribution in [2.75, 3.05) is 14.2 Å². The van der Waals surface area contributed by atoms with Crippen LogP contribution in [-0.4, -0.2) is 20.2 Å². The van der Waals surface area contributed by atoms with Crippen LogP contribution in [0.25, 0.3) is 20.5 Å². The number of thiophene rings is 1. The molecule has 0 atom stereocenters. The normalized spacial score (nSPS) is 10.6. The molecule has 0 unspecified atom stereocenters. The number of carbonyl (C=O) groups excluding carboxylic acids is 1. The molecule has 0 aliphatic rings. The molecule has 3 aromatic rings. The summed E-state index contributed by atoms with van der Waals surface area (Å²) in [6.45, 7) is 0. The van der Waals surface area contributed by atoms with Crippen molar-refractivity contribution in [3.8, 4) is 16.2 Å². The van der Waals surface area contributed by atoms with E-state index in [0.717, 1.165) is 16.2 Å². The van der Waals surface area contributed by atoms with Crippen LogP contribution in [0.4, 0.5) is 0 Å². The number of carbonyl (C=O) groups is 1. The summed E-state index contributed by atoms with van der Waals surface area (Å²) in [6.07, 6.45) is 0. The van der Waals surface area contributed by atoms with E-state index in [1.54, 1.807) is 30.6 Å². The highest BCUT2D eigenvalue weighted by Gasteiger charge is 2.08. The Hall–Kier alpha value is -2.33. The van der Waals surface area contributed by atoms with Gasteiger partial charge in [0.05, 0.1) is 19.8 Å². The van der Waals surface area contributed by atoms with Gasteiger partial charge in [-0.05, 0) is 47.3 Å². The molecule has 0 saturated heterocycles. The fraction of sp³-hybridized carbons (Fsp3) is 0.118. The molecule has 106 valence electrons. The molecule has 2 aromatic carbocycles. The van der Waals surface area contributed by atoms with Gasteiger partial charge < -0.3 is 9.47 Å². The van der Waals surface area contributed by atoms with Gasteiger partial charge in [0, 0.05) is 9.58 Å². The molecule has 0 N–H and O–H groups in total. The van der Waals surface area contributed by atoms with Crippen LogP contribution in [0.5, 0.6) is 5.75 Å². The number of rotatable bonds is 3. The van der Waals surface area contributed by atoms with Gasteiger partial charge >= 0.3 is 5.97 Å². The van der Waals surface area contributed by atoms with Crippen LogP contribution in [0.2, 0.25) is 0 Å². The Morgan fingerprint density at radius 3 is 2.43 bits per heavy atom. The van der Waals surface area contributed by atoms with Gasteiger partial charge in [-0.1, -0.05) is 12.1 Å². The summed E-state index contributed by atoms with van der Waals surface area (Å²) in [6, 6.07) is 15.6. The summed E-state index contributed by atoms with van der Waals surface area (Å²) in [7, 11) is 3.05. The molecule has 0 spiro atoms. The van der Waals surface area contributed by atoms with Gasteiger partial charge in [-0.15, -0.1) is 11.3 Å². The molecule has 0 aliphatic carbocycles. The summed E-state index contributed by atoms with van der Waals surface area (Å²) in [4.78, 5) is 12.6. The third kappa shape index (κ3) is 2.62. The van der Waals surface area contributed by atoms with E-state index in [0.29, 0.717) is 5.56 Å². The molecular weight excluding hydrogens is 284 g/mol. The first-order valence-corrected chi connectivity index (χ1v) is 7.29. The molecule has 1 heterocycles. The van der Waals surface area contributed by atoms with Crippen LogP contribution in [-0.2, 0) is 4.74 Å². The molecule has 21 heavy (non-hydrogen) atoms. The topological polar surface area (TPSA) is 35.5 Å². The highest BCUT2D eigenvalue weighted by atomic mass is 32.1. The molecule has 0 saturated carbocycles. The fourth-order valence-corrected chi connectivity index (χ4v) is 3.27. The lowest BCUT2D eigenvalue weighted by Crippen LogP contribution is -2.00. The minimum atomic E-state index is -0.317. The van der Waals surface area contributed by atoms with Gasteiger partial charge in [0.25, 0.3) is 0 Å². The monoisotopic (exact) mass is 298 g/mol. The number of fused-ring (bicyclic) bond motifs is 1. The lowest BCUT2D eigenvalue weighted by molar-refractivity contribution is 0.0601. The molecular formula is C17H14O3S. The maximum atomic E-state index is 11.4. The second-order valence-electron chi connectivity index (χ2n) is 4.58. The van der Waals surface area contributed by atoms with Crippen molar-refractivity contribution >= 4 is 27.4 Å². The summed E-state index contributed by atoms with van der Waals surface area (Å²) < 4.78 is 11.1. The van der Waals surface area contributed by atoms with Crippen molar-refractivity contribution in [2.45, 2.75) is 0 Å². The third-order valence-corrected chi connectivity index (χ3v) is 4.46. The predicted octanol–water partition coefficient (Wildman–Crippen LogP) is 4.36. The fourth-order valence-electron chi connectivity index (χ4n) is 2.17. The SMILES string of the molecule is COC(=O)c1ccc(-c2cc3ccc(OC)cc3s2)cc1. The second kappa shape index (κ2) is 5.58. The summed E-state index contributed by atoms with van der Waals surface area (Å²) >= 11 is 1.70. The van der Waals surface area contributed by atoms with Crippen molar-refractivity contribution < 1.29 is 14.3 Å². The molecule has 0 amide bonds. The Kier molecular flexibility index (Phi) is 3.62. The number of methoxy groups -OCH3 is 2. The molecule has 3 nitrogen and oxygen atoms in total. The van der Waals surface area contributed by atoms with Crippen molar-refractivity contribution in [3.05, 3.63) is 54.1 Å². The Bertz CT molecular complexity index is 787. The largest absolute Gasteiger partial charge is 0.497 e. The molecule has 0 aliphatic heterocycles. The molecule has 0 bridgehead atoms. The van der Waals surface area contributed by atoms with Crippen molar-refractivity contribution in [2.24, 2.45) is 0 Å². The van der Waals surface area contributed by atoms with Crippen LogP contribution >= 0.6 is 11.3 Å². The minimum absolute atomic E-state index is 0.317. The molecule has 1 aromatic heterocycles. The van der Waals surface area contributed by atoms with Gasteiger partial charge in [0.1, 0.15) is 5.75 Å². The van der Waals surface area contributed by atoms with Crippen LogP contribution in [0.15, 0.2) is 48.5 Å². The van der Waals surface area contributed by atoms with Crippen LogP contribution in [0.1, 0.15) is 10.4 Å². The van der Waals surface area contributed by atoms with E-state index in [1.807, 2.05) is 24.3 Å².